The molecule has 0 aromatic heterocycles. The van der Waals surface area contributed by atoms with E-state index in [2.05, 4.69) is 3.35 Å². The first-order chi connectivity index (χ1) is 2.27. The molecule has 0 bridgehead atoms. The van der Waals surface area contributed by atoms with E-state index in [4.69, 9.17) is 9.79 Å². The molecule has 0 rings (SSSR count). The third kappa shape index (κ3) is 17.7. The Balaban J connectivity index is -0.0000000800. The Morgan fingerprint density at radius 2 is 1.57 bits per heavy atom. The summed E-state index contributed by atoms with van der Waals surface area (Å²) in [4.78, 5) is 15.6. The fourth-order valence-corrected chi connectivity index (χ4v) is 0. The molecule has 0 unspecified atom stereocenters. The molecular weight excluding hydrogens is 394 g/mol. The minimum Gasteiger partial charge on any atom is 0 e. The second-order valence-electron chi connectivity index (χ2n) is 0.382. The van der Waals surface area contributed by atoms with Crippen molar-refractivity contribution < 1.29 is 59.1 Å². The molecule has 0 aliphatic heterocycles. The van der Waals surface area contributed by atoms with Gasteiger partial charge in [0.05, 0.1) is 0 Å². The summed E-state index contributed by atoms with van der Waals surface area (Å²) < 4.78 is 4.05. The predicted octanol–water partition coefficient (Wildman–Crippen LogP) is -1.24. The second-order valence-corrected chi connectivity index (χ2v) is 2.77. The summed E-state index contributed by atoms with van der Waals surface area (Å²) in [5.74, 6) is 0. The van der Waals surface area contributed by atoms with Gasteiger partial charge in [0.15, 0.2) is 0 Å². The van der Waals surface area contributed by atoms with Crippen LogP contribution in [-0.4, -0.2) is 58.7 Å². The molecule has 0 saturated carbocycles. The Hall–Kier alpha value is 3.43. The van der Waals surface area contributed by atoms with Crippen molar-refractivity contribution in [1.82, 2.24) is 0 Å². The molecule has 0 atom stereocenters. The quantitative estimate of drug-likeness (QED) is 0.429. The van der Waals surface area contributed by atoms with Crippen molar-refractivity contribution in [3.05, 3.63) is 0 Å². The van der Waals surface area contributed by atoms with E-state index in [1.807, 2.05) is 0 Å². The maximum Gasteiger partial charge on any atom is 0 e. The van der Waals surface area contributed by atoms with Gasteiger partial charge >= 0.3 is 89.3 Å². The molecule has 0 heterocycles. The molecule has 7 heteroatoms. The molecule has 0 spiro atoms. The van der Waals surface area contributed by atoms with Crippen molar-refractivity contribution >= 4 is 57.5 Å². The monoisotopic (exact) mass is 399 g/mol. The number of hydrogen-bond donors (Lipinski definition) is 2. The first-order valence-corrected chi connectivity index (χ1v) is 3.25. The van der Waals surface area contributed by atoms with E-state index < -0.39 is 8.60 Å². The van der Waals surface area contributed by atoms with Gasteiger partial charge in [-0.15, -0.1) is 0 Å². The topological polar surface area (TPSA) is 49.7 Å². The Bertz CT molecular complexity index is 28.9. The third-order valence-electron chi connectivity index (χ3n) is 0.115. The molecule has 2 N–H and O–H groups in total. The molecule has 33 valence electrons. The van der Waals surface area contributed by atoms with Gasteiger partial charge in [-0.1, -0.05) is 0 Å². The van der Waals surface area contributed by atoms with Gasteiger partial charge < -0.3 is 0 Å². The van der Waals surface area contributed by atoms with E-state index in [1.165, 1.54) is 0 Å². The van der Waals surface area contributed by atoms with Gasteiger partial charge in [0.1, 0.15) is 0 Å². The van der Waals surface area contributed by atoms with Gasteiger partial charge in [0, 0.05) is 27.3 Å². The van der Waals surface area contributed by atoms with Gasteiger partial charge in [-0.25, -0.2) is 0 Å². The van der Waals surface area contributed by atoms with Gasteiger partial charge in [0.25, 0.3) is 0 Å². The molecule has 0 saturated heterocycles. The molecule has 3 nitrogen and oxygen atoms in total. The van der Waals surface area contributed by atoms with Crippen LogP contribution in [0.1, 0.15) is 0 Å². The molecule has 0 radical (unpaired) electrons. The van der Waals surface area contributed by atoms with Gasteiger partial charge in [-0.05, 0) is 0 Å². The van der Waals surface area contributed by atoms with Crippen molar-refractivity contribution in [3.8, 4) is 0 Å². The zero-order valence-corrected chi connectivity index (χ0v) is 11.1. The van der Waals surface area contributed by atoms with Crippen LogP contribution in [0.4, 0.5) is 0 Å². The molecule has 0 fully saturated rings. The summed E-state index contributed by atoms with van der Waals surface area (Å²) >= 11 is 0.485. The number of hydrogen-bond acceptors (Lipinski definition) is 3. The van der Waals surface area contributed by atoms with Gasteiger partial charge in [-0.2, -0.15) is 0 Å². The predicted molar refractivity (Wildman–Crippen MR) is 21.0 cm³/mol. The van der Waals surface area contributed by atoms with Crippen molar-refractivity contribution in [2.75, 3.05) is 0 Å². The molecular formula is H4BaCdO3PZn. The zero-order valence-electron chi connectivity index (χ0n) is 3.16. The molecule has 0 amide bonds. The van der Waals surface area contributed by atoms with Crippen molar-refractivity contribution in [1.29, 1.82) is 0 Å². The van der Waals surface area contributed by atoms with Crippen LogP contribution < -0.4 is 0 Å². The molecule has 7 heavy (non-hydrogen) atoms. The van der Waals surface area contributed by atoms with Crippen LogP contribution in [-0.2, 0) is 49.3 Å². The maximum absolute atomic E-state index is 7.79. The smallest absolute Gasteiger partial charge is 0 e. The van der Waals surface area contributed by atoms with Crippen LogP contribution in [0.15, 0.2) is 0 Å². The minimum absolute atomic E-state index is 0. The summed E-state index contributed by atoms with van der Waals surface area (Å²) in [6.07, 6.45) is 0. The minimum atomic E-state index is -2.04. The Kier molecular flexibility index (Phi) is 29.1. The van der Waals surface area contributed by atoms with Crippen LogP contribution in [0.3, 0.4) is 0 Å². The SMILES string of the molecule is OP(O)[O][Zn].[BaH2].[Cd]. The van der Waals surface area contributed by atoms with E-state index in [0.717, 1.165) is 0 Å². The largest absolute Gasteiger partial charge is 0 e. The number of rotatable bonds is 1. The van der Waals surface area contributed by atoms with Crippen LogP contribution in [0.5, 0.6) is 0 Å². The summed E-state index contributed by atoms with van der Waals surface area (Å²) in [5, 5.41) is 0. The second kappa shape index (κ2) is 12.1. The van der Waals surface area contributed by atoms with Crippen LogP contribution in [0, 0.1) is 0 Å². The van der Waals surface area contributed by atoms with E-state index in [0.29, 0.717) is 18.7 Å². The molecule has 0 aliphatic carbocycles. The maximum atomic E-state index is 7.79. The first kappa shape index (κ1) is 16.8. The third-order valence-corrected chi connectivity index (χ3v) is 1.80. The summed E-state index contributed by atoms with van der Waals surface area (Å²) in [6.45, 7) is 0. The van der Waals surface area contributed by atoms with Crippen molar-refractivity contribution in [3.63, 3.8) is 0 Å². The summed E-state index contributed by atoms with van der Waals surface area (Å²) in [5.41, 5.74) is 0. The van der Waals surface area contributed by atoms with Crippen molar-refractivity contribution in [2.45, 2.75) is 0 Å². The van der Waals surface area contributed by atoms with Gasteiger partial charge in [-0.3, -0.25) is 0 Å². The molecule has 0 aromatic carbocycles. The van der Waals surface area contributed by atoms with E-state index in [1.54, 1.807) is 0 Å². The van der Waals surface area contributed by atoms with Crippen molar-refractivity contribution in [2.24, 2.45) is 0 Å². The molecule has 0 aliphatic rings. The average molecular weight is 398 g/mol. The standard InChI is InChI=1S/Ba.Cd.H2O3P.Zn.2H/c;;1-4(2)3;;;/h;;1-2H;;;/q;;-1;+1;;. The fourth-order valence-electron chi connectivity index (χ4n) is 0. The van der Waals surface area contributed by atoms with Crippen LogP contribution >= 0.6 is 8.60 Å². The van der Waals surface area contributed by atoms with Gasteiger partial charge in [0.2, 0.25) is 0 Å². The van der Waals surface area contributed by atoms with Crippen LogP contribution in [0.2, 0.25) is 0 Å². The Labute approximate surface area is 114 Å². The molecule has 0 aromatic rings. The van der Waals surface area contributed by atoms with E-state index in [-0.39, 0.29) is 76.2 Å². The van der Waals surface area contributed by atoms with E-state index in [9.17, 15) is 0 Å². The normalized spacial score (nSPS) is 7.00. The summed E-state index contributed by atoms with van der Waals surface area (Å²) in [6, 6.07) is 0. The zero-order chi connectivity index (χ0) is 4.28. The van der Waals surface area contributed by atoms with E-state index >= 15 is 0 Å². The Morgan fingerprint density at radius 3 is 1.57 bits per heavy atom. The first-order valence-electron chi connectivity index (χ1n) is 0.871. The average Bonchev–Trinajstić information content (AvgIpc) is 1.38. The van der Waals surface area contributed by atoms with Crippen LogP contribution in [0.25, 0.3) is 0 Å². The summed E-state index contributed by atoms with van der Waals surface area (Å²) in [7, 11) is -2.04. The Morgan fingerprint density at radius 1 is 1.43 bits per heavy atom. The fraction of sp³-hybridized carbons (Fsp3) is 0.